The molecule has 0 unspecified atom stereocenters. The van der Waals surface area contributed by atoms with Crippen molar-refractivity contribution in [2.75, 3.05) is 16.8 Å². The van der Waals surface area contributed by atoms with Crippen LogP contribution in [0.15, 0.2) is 42.0 Å². The Kier molecular flexibility index (Phi) is 4.83. The number of carbonyl (C=O) groups excluding carboxylic acids is 2. The molecule has 3 rings (SSSR count). The number of hydrogen-bond acceptors (Lipinski definition) is 3. The van der Waals surface area contributed by atoms with Gasteiger partial charge in [-0.05, 0) is 44.9 Å². The van der Waals surface area contributed by atoms with E-state index in [1.165, 1.54) is 0 Å². The highest BCUT2D eigenvalue weighted by Crippen LogP contribution is 2.38. The van der Waals surface area contributed by atoms with E-state index in [1.54, 1.807) is 17.0 Å². The van der Waals surface area contributed by atoms with Crippen LogP contribution in [-0.4, -0.2) is 18.4 Å². The number of nitriles is 1. The Morgan fingerprint density at radius 2 is 1.78 bits per heavy atom. The monoisotopic (exact) mass is 359 g/mol. The lowest BCUT2D eigenvalue weighted by Crippen LogP contribution is -2.27. The highest BCUT2D eigenvalue weighted by Gasteiger charge is 2.35. The van der Waals surface area contributed by atoms with Crippen molar-refractivity contribution in [2.45, 2.75) is 27.7 Å². The van der Waals surface area contributed by atoms with E-state index in [4.69, 9.17) is 0 Å². The van der Waals surface area contributed by atoms with Gasteiger partial charge in [0.25, 0.3) is 11.8 Å². The zero-order chi connectivity index (χ0) is 19.7. The maximum Gasteiger partial charge on any atom is 0.267 e. The first-order chi connectivity index (χ1) is 12.9. The molecule has 0 bridgehead atoms. The van der Waals surface area contributed by atoms with Gasteiger partial charge >= 0.3 is 0 Å². The minimum absolute atomic E-state index is 0.162. The van der Waals surface area contributed by atoms with Crippen LogP contribution in [0.1, 0.15) is 29.2 Å². The van der Waals surface area contributed by atoms with E-state index in [-0.39, 0.29) is 17.1 Å². The van der Waals surface area contributed by atoms with E-state index in [0.29, 0.717) is 17.8 Å². The van der Waals surface area contributed by atoms with Gasteiger partial charge < -0.3 is 10.2 Å². The van der Waals surface area contributed by atoms with Gasteiger partial charge in [0.15, 0.2) is 0 Å². The molecular weight excluding hydrogens is 338 g/mol. The minimum atomic E-state index is -0.566. The summed E-state index contributed by atoms with van der Waals surface area (Å²) in [5, 5.41) is 12.5. The predicted octanol–water partition coefficient (Wildman–Crippen LogP) is 3.89. The summed E-state index contributed by atoms with van der Waals surface area (Å²) in [5.74, 6) is -0.883. The molecule has 5 heteroatoms. The predicted molar refractivity (Wildman–Crippen MR) is 106 cm³/mol. The number of nitrogens with one attached hydrogen (secondary N) is 1. The third-order valence-corrected chi connectivity index (χ3v) is 4.74. The lowest BCUT2D eigenvalue weighted by molar-refractivity contribution is -0.114. The van der Waals surface area contributed by atoms with Gasteiger partial charge in [-0.2, -0.15) is 5.26 Å². The fourth-order valence-corrected chi connectivity index (χ4v) is 3.61. The van der Waals surface area contributed by atoms with Crippen LogP contribution in [0.2, 0.25) is 0 Å². The van der Waals surface area contributed by atoms with Crippen LogP contribution in [-0.2, 0) is 9.59 Å². The molecule has 0 aliphatic carbocycles. The number of benzene rings is 2. The summed E-state index contributed by atoms with van der Waals surface area (Å²) in [7, 11) is 0. The summed E-state index contributed by atoms with van der Waals surface area (Å²) >= 11 is 0. The molecule has 0 spiro atoms. The second kappa shape index (κ2) is 7.08. The lowest BCUT2D eigenvalue weighted by atomic mass is 10.0. The number of anilines is 2. The topological polar surface area (TPSA) is 73.2 Å². The molecule has 0 saturated heterocycles. The van der Waals surface area contributed by atoms with Crippen molar-refractivity contribution in [1.82, 2.24) is 0 Å². The zero-order valence-electron chi connectivity index (χ0n) is 15.9. The van der Waals surface area contributed by atoms with Crippen molar-refractivity contribution in [3.8, 4) is 6.07 Å². The van der Waals surface area contributed by atoms with Crippen LogP contribution in [0.25, 0.3) is 5.57 Å². The quantitative estimate of drug-likeness (QED) is 0.667. The van der Waals surface area contributed by atoms with Crippen molar-refractivity contribution < 1.29 is 9.59 Å². The summed E-state index contributed by atoms with van der Waals surface area (Å²) in [6.07, 6.45) is 0. The second-order valence-electron chi connectivity index (χ2n) is 6.66. The van der Waals surface area contributed by atoms with Crippen LogP contribution in [0.5, 0.6) is 0 Å². The molecular formula is C22H21N3O2. The molecule has 1 aliphatic heterocycles. The van der Waals surface area contributed by atoms with Gasteiger partial charge in [-0.15, -0.1) is 0 Å². The number of hydrogen-bond donors (Lipinski definition) is 1. The average Bonchev–Trinajstić information content (AvgIpc) is 2.90. The molecule has 136 valence electrons. The molecule has 1 heterocycles. The summed E-state index contributed by atoms with van der Waals surface area (Å²) in [4.78, 5) is 27.4. The van der Waals surface area contributed by atoms with Crippen molar-refractivity contribution in [2.24, 2.45) is 0 Å². The number of aryl methyl sites for hydroxylation is 3. The summed E-state index contributed by atoms with van der Waals surface area (Å²) in [5.41, 5.74) is 4.94. The third-order valence-electron chi connectivity index (χ3n) is 4.74. The molecule has 2 aromatic rings. The summed E-state index contributed by atoms with van der Waals surface area (Å²) in [6.45, 7) is 8.13. The molecule has 0 fully saturated rings. The summed E-state index contributed by atoms with van der Waals surface area (Å²) in [6, 6.07) is 13.1. The van der Waals surface area contributed by atoms with E-state index in [9.17, 15) is 14.9 Å². The van der Waals surface area contributed by atoms with Gasteiger partial charge in [0.1, 0.15) is 11.6 Å². The van der Waals surface area contributed by atoms with Crippen LogP contribution in [0, 0.1) is 32.1 Å². The Morgan fingerprint density at radius 3 is 2.37 bits per heavy atom. The minimum Gasteiger partial charge on any atom is -0.321 e. The molecule has 5 nitrogen and oxygen atoms in total. The molecule has 27 heavy (non-hydrogen) atoms. The van der Waals surface area contributed by atoms with E-state index in [2.05, 4.69) is 5.32 Å². The Hall–Kier alpha value is -3.39. The fraction of sp³-hybridized carbons (Fsp3) is 0.227. The van der Waals surface area contributed by atoms with E-state index >= 15 is 0 Å². The number of rotatable bonds is 3. The second-order valence-corrected chi connectivity index (χ2v) is 6.66. The standard InChI is InChI=1S/C22H21N3O2/c1-5-25-18-9-7-6-8-16(18)19(22(25)27)17(12-23)21(26)24-20-14(3)10-13(2)11-15(20)4/h6-11H,5H2,1-4H3,(H,24,26). The van der Waals surface area contributed by atoms with Crippen LogP contribution >= 0.6 is 0 Å². The highest BCUT2D eigenvalue weighted by molar-refractivity contribution is 6.37. The largest absolute Gasteiger partial charge is 0.321 e. The first kappa shape index (κ1) is 18.4. The van der Waals surface area contributed by atoms with Gasteiger partial charge in [-0.3, -0.25) is 9.59 Å². The number of carbonyl (C=O) groups is 2. The van der Waals surface area contributed by atoms with Crippen molar-refractivity contribution in [3.05, 3.63) is 64.2 Å². The van der Waals surface area contributed by atoms with Crippen molar-refractivity contribution >= 4 is 28.8 Å². The first-order valence-electron chi connectivity index (χ1n) is 8.83. The van der Waals surface area contributed by atoms with Crippen LogP contribution in [0.4, 0.5) is 11.4 Å². The third kappa shape index (κ3) is 3.11. The molecule has 2 aromatic carbocycles. The van der Waals surface area contributed by atoms with Gasteiger partial charge in [0.2, 0.25) is 0 Å². The van der Waals surface area contributed by atoms with Crippen LogP contribution < -0.4 is 10.2 Å². The highest BCUT2D eigenvalue weighted by atomic mass is 16.2. The zero-order valence-corrected chi connectivity index (χ0v) is 15.9. The Bertz CT molecular complexity index is 1010. The Balaban J connectivity index is 2.09. The smallest absolute Gasteiger partial charge is 0.267 e. The SMILES string of the molecule is CCN1C(=O)C(=C(C#N)C(=O)Nc2c(C)cc(C)cc2C)c2ccccc21. The lowest BCUT2D eigenvalue weighted by Gasteiger charge is -2.14. The fourth-order valence-electron chi connectivity index (χ4n) is 3.61. The van der Waals surface area contributed by atoms with Crippen molar-refractivity contribution in [1.29, 1.82) is 5.26 Å². The molecule has 0 atom stereocenters. The number of likely N-dealkylation sites (N-methyl/N-ethyl adjacent to an activating group) is 1. The van der Waals surface area contributed by atoms with Crippen molar-refractivity contribution in [3.63, 3.8) is 0 Å². The normalized spacial score (nSPS) is 14.6. The van der Waals surface area contributed by atoms with E-state index in [1.807, 2.05) is 58.0 Å². The van der Waals surface area contributed by atoms with E-state index in [0.717, 1.165) is 22.4 Å². The molecule has 1 aliphatic rings. The Morgan fingerprint density at radius 1 is 1.15 bits per heavy atom. The average molecular weight is 359 g/mol. The number of fused-ring (bicyclic) bond motifs is 1. The number of para-hydroxylation sites is 1. The number of amides is 2. The maximum absolute atomic E-state index is 12.9. The molecule has 0 aromatic heterocycles. The van der Waals surface area contributed by atoms with Crippen LogP contribution in [0.3, 0.4) is 0 Å². The first-order valence-corrected chi connectivity index (χ1v) is 8.83. The van der Waals surface area contributed by atoms with Gasteiger partial charge in [0.05, 0.1) is 11.3 Å². The van der Waals surface area contributed by atoms with Gasteiger partial charge in [-0.1, -0.05) is 35.9 Å². The molecule has 2 amide bonds. The number of nitrogens with zero attached hydrogens (tertiary/aromatic N) is 2. The molecule has 0 saturated carbocycles. The summed E-state index contributed by atoms with van der Waals surface area (Å²) < 4.78 is 0. The maximum atomic E-state index is 12.9. The van der Waals surface area contributed by atoms with E-state index < -0.39 is 5.91 Å². The molecule has 0 radical (unpaired) electrons. The Labute approximate surface area is 158 Å². The van der Waals surface area contributed by atoms with Gasteiger partial charge in [-0.25, -0.2) is 0 Å². The van der Waals surface area contributed by atoms with Gasteiger partial charge in [0, 0.05) is 17.8 Å². The molecule has 1 N–H and O–H groups in total.